The van der Waals surface area contributed by atoms with Gasteiger partial charge in [-0.05, 0) is 58.6 Å². The van der Waals surface area contributed by atoms with Gasteiger partial charge in [-0.15, -0.1) is 0 Å². The molecule has 0 aliphatic rings. The van der Waals surface area contributed by atoms with Crippen molar-refractivity contribution in [2.45, 2.75) is 0 Å². The molecule has 0 spiro atoms. The van der Waals surface area contributed by atoms with Crippen molar-refractivity contribution in [1.29, 1.82) is 0 Å². The number of fused-ring (bicyclic) bond motifs is 6. The highest BCUT2D eigenvalue weighted by Crippen LogP contribution is 2.40. The van der Waals surface area contributed by atoms with Crippen molar-refractivity contribution in [3.63, 3.8) is 0 Å². The zero-order valence-corrected chi connectivity index (χ0v) is 29.2. The van der Waals surface area contributed by atoms with Crippen LogP contribution in [-0.4, -0.2) is 19.5 Å². The van der Waals surface area contributed by atoms with E-state index in [4.69, 9.17) is 31.7 Å². The summed E-state index contributed by atoms with van der Waals surface area (Å²) in [6.45, 7) is 0. The van der Waals surface area contributed by atoms with Gasteiger partial charge in [0.2, 0.25) is 0 Å². The van der Waals surface area contributed by atoms with Crippen LogP contribution in [0.15, 0.2) is 198 Å². The quantitative estimate of drug-likeness (QED) is 0.171. The lowest BCUT2D eigenvalue weighted by Crippen LogP contribution is -2.01. The van der Waals surface area contributed by atoms with Gasteiger partial charge in [-0.1, -0.05) is 158 Å². The Bertz CT molecular complexity index is 3920. The van der Waals surface area contributed by atoms with Crippen LogP contribution in [0.5, 0.6) is 0 Å². The molecule has 3 aromatic heterocycles. The molecule has 0 fully saturated rings. The van der Waals surface area contributed by atoms with Gasteiger partial charge in [0, 0.05) is 43.9 Å². The van der Waals surface area contributed by atoms with E-state index in [-0.39, 0.29) is 38.8 Å². The number of para-hydroxylation sites is 3. The average Bonchev–Trinajstić information content (AvgIpc) is 3.93. The Morgan fingerprint density at radius 1 is 0.411 bits per heavy atom. The van der Waals surface area contributed by atoms with Crippen molar-refractivity contribution < 1.29 is 20.9 Å². The Morgan fingerprint density at radius 2 is 1.04 bits per heavy atom. The van der Waals surface area contributed by atoms with Gasteiger partial charge in [-0.25, -0.2) is 15.0 Å². The Morgan fingerprint density at radius 3 is 1.89 bits per heavy atom. The van der Waals surface area contributed by atoms with E-state index in [1.165, 1.54) is 0 Å². The van der Waals surface area contributed by atoms with Crippen LogP contribution in [0.2, 0.25) is 0 Å². The van der Waals surface area contributed by atoms with Gasteiger partial charge in [-0.2, -0.15) is 0 Å². The number of hydrogen-bond donors (Lipinski definition) is 0. The van der Waals surface area contributed by atoms with E-state index in [0.29, 0.717) is 39.5 Å². The molecule has 56 heavy (non-hydrogen) atoms. The van der Waals surface area contributed by atoms with Gasteiger partial charge in [0.05, 0.1) is 27.5 Å². The number of hydrogen-bond acceptors (Lipinski definition) is 4. The third-order valence-corrected chi connectivity index (χ3v) is 9.83. The van der Waals surface area contributed by atoms with Gasteiger partial charge in [0.15, 0.2) is 17.5 Å². The Labute approximate surface area is 339 Å². The van der Waals surface area contributed by atoms with Gasteiger partial charge in [0.1, 0.15) is 11.2 Å². The average molecular weight is 729 g/mol. The highest BCUT2D eigenvalue weighted by Gasteiger charge is 2.20. The third-order valence-electron chi connectivity index (χ3n) is 9.83. The number of nitrogens with zero attached hydrogens (tertiary/aromatic N) is 4. The van der Waals surface area contributed by atoms with Crippen LogP contribution < -0.4 is 0 Å². The monoisotopic (exact) mass is 728 g/mol. The minimum atomic E-state index is -0.715. The molecule has 0 bridgehead atoms. The first kappa shape index (κ1) is 21.9. The summed E-state index contributed by atoms with van der Waals surface area (Å²) >= 11 is 0. The normalized spacial score (nSPS) is 14.6. The summed E-state index contributed by atoms with van der Waals surface area (Å²) in [6.07, 6.45) is 0. The van der Waals surface area contributed by atoms with Crippen LogP contribution >= 0.6 is 0 Å². The standard InChI is InChI=1S/C51H32N4O/c1-3-14-33(15-4-1)34-26-28-35(29-27-34)49-52-50(54-51(53-49)43-22-13-25-47-48(43)42-21-10-12-24-46(42)56-47)41-20-8-7-18-38(41)36-30-31-40-39-19-9-11-23-44(39)55(45(40)32-36)37-16-5-2-6-17-37/h1-32H/i2D,5D,6D,9D,11D,16D,17D,19D,23D,30D,31D,32D. The highest BCUT2D eigenvalue weighted by molar-refractivity contribution is 6.12. The predicted molar refractivity (Wildman–Crippen MR) is 229 cm³/mol. The minimum absolute atomic E-state index is 0.122. The van der Waals surface area contributed by atoms with Gasteiger partial charge in [0.25, 0.3) is 0 Å². The number of benzene rings is 8. The van der Waals surface area contributed by atoms with Gasteiger partial charge in [-0.3, -0.25) is 0 Å². The molecule has 3 heterocycles. The molecule has 0 radical (unpaired) electrons. The van der Waals surface area contributed by atoms with Crippen molar-refractivity contribution in [1.82, 2.24) is 19.5 Å². The molecule has 262 valence electrons. The van der Waals surface area contributed by atoms with E-state index in [1.807, 2.05) is 97.1 Å². The summed E-state index contributed by atoms with van der Waals surface area (Å²) in [5.74, 6) is 0.749. The number of aromatic nitrogens is 4. The van der Waals surface area contributed by atoms with Crippen molar-refractivity contribution >= 4 is 43.7 Å². The van der Waals surface area contributed by atoms with E-state index >= 15 is 0 Å². The number of rotatable bonds is 6. The minimum Gasteiger partial charge on any atom is -0.456 e. The second-order valence-electron chi connectivity index (χ2n) is 13.1. The molecular formula is C51H32N4O. The fourth-order valence-electron chi connectivity index (χ4n) is 7.27. The first-order chi connectivity index (χ1) is 32.8. The summed E-state index contributed by atoms with van der Waals surface area (Å²) in [5, 5.41) is 1.16. The van der Waals surface area contributed by atoms with Gasteiger partial charge >= 0.3 is 0 Å². The summed E-state index contributed by atoms with van der Waals surface area (Å²) in [7, 11) is 0. The molecule has 0 atom stereocenters. The fraction of sp³-hybridized carbons (Fsp3) is 0. The first-order valence-electron chi connectivity index (χ1n) is 23.8. The SMILES string of the molecule is [2H]c1c([2H])c([2H])c(-n2c3c([2H])c([2H])c([2H])c([2H])c3c3c([2H])c([2H])c(-c4ccccc4-c4nc(-c5ccc(-c6ccccc6)cc5)nc(-c5cccc6oc7ccccc7c56)n4)c([2H])c32)c([2H])c1[2H]. The van der Waals surface area contributed by atoms with E-state index in [1.54, 1.807) is 24.3 Å². The number of furan rings is 1. The lowest BCUT2D eigenvalue weighted by Gasteiger charge is -2.13. The second-order valence-corrected chi connectivity index (χ2v) is 13.1. The van der Waals surface area contributed by atoms with E-state index in [2.05, 4.69) is 0 Å². The maximum Gasteiger partial charge on any atom is 0.164 e. The molecule has 0 N–H and O–H groups in total. The predicted octanol–water partition coefficient (Wildman–Crippen LogP) is 13.2. The van der Waals surface area contributed by atoms with Crippen molar-refractivity contribution in [3.8, 4) is 62.1 Å². The maximum atomic E-state index is 9.97. The maximum absolute atomic E-state index is 9.97. The third kappa shape index (κ3) is 5.29. The Kier molecular flexibility index (Phi) is 5.10. The molecule has 0 aliphatic heterocycles. The molecule has 11 rings (SSSR count). The topological polar surface area (TPSA) is 56.7 Å². The van der Waals surface area contributed by atoms with Crippen LogP contribution in [-0.2, 0) is 0 Å². The molecule has 0 amide bonds. The summed E-state index contributed by atoms with van der Waals surface area (Å²) in [4.78, 5) is 15.2. The first-order valence-corrected chi connectivity index (χ1v) is 17.8. The molecule has 0 unspecified atom stereocenters. The van der Waals surface area contributed by atoms with E-state index in [9.17, 15) is 4.11 Å². The van der Waals surface area contributed by atoms with Crippen LogP contribution in [0.3, 0.4) is 0 Å². The molecule has 8 aromatic carbocycles. The molecule has 5 heteroatoms. The Balaban J connectivity index is 1.21. The van der Waals surface area contributed by atoms with Crippen molar-refractivity contribution in [3.05, 3.63) is 194 Å². The van der Waals surface area contributed by atoms with Crippen LogP contribution in [0, 0.1) is 0 Å². The van der Waals surface area contributed by atoms with Crippen LogP contribution in [0.1, 0.15) is 16.4 Å². The summed E-state index contributed by atoms with van der Waals surface area (Å²) < 4.78 is 115. The van der Waals surface area contributed by atoms with E-state index < -0.39 is 78.2 Å². The lowest BCUT2D eigenvalue weighted by molar-refractivity contribution is 0.669. The van der Waals surface area contributed by atoms with Crippen LogP contribution in [0.25, 0.3) is 106 Å². The molecule has 0 saturated heterocycles. The largest absolute Gasteiger partial charge is 0.456 e. The van der Waals surface area contributed by atoms with E-state index in [0.717, 1.165) is 26.5 Å². The zero-order chi connectivity index (χ0) is 47.4. The highest BCUT2D eigenvalue weighted by atomic mass is 16.3. The zero-order valence-electron chi connectivity index (χ0n) is 41.2. The fourth-order valence-corrected chi connectivity index (χ4v) is 7.27. The molecule has 0 saturated carbocycles. The van der Waals surface area contributed by atoms with Crippen molar-refractivity contribution in [2.75, 3.05) is 0 Å². The van der Waals surface area contributed by atoms with Crippen LogP contribution in [0.4, 0.5) is 0 Å². The smallest absolute Gasteiger partial charge is 0.164 e. The molecular weight excluding hydrogens is 685 g/mol. The molecule has 11 aromatic rings. The molecule has 5 nitrogen and oxygen atoms in total. The molecule has 0 aliphatic carbocycles. The van der Waals surface area contributed by atoms with Crippen molar-refractivity contribution in [2.24, 2.45) is 0 Å². The lowest BCUT2D eigenvalue weighted by atomic mass is 9.97. The summed E-state index contributed by atoms with van der Waals surface area (Å²) in [6, 6.07) is 30.2. The Hall–Kier alpha value is -7.63. The second kappa shape index (κ2) is 13.0. The summed E-state index contributed by atoms with van der Waals surface area (Å²) in [5.41, 5.74) is 3.97. The van der Waals surface area contributed by atoms with Gasteiger partial charge < -0.3 is 8.98 Å².